The van der Waals surface area contributed by atoms with Gasteiger partial charge in [0.05, 0.1) is 4.90 Å². The molecule has 150 valence electrons. The summed E-state index contributed by atoms with van der Waals surface area (Å²) in [5.41, 5.74) is 1.00. The summed E-state index contributed by atoms with van der Waals surface area (Å²) in [4.78, 5) is 0.236. The second-order valence-corrected chi connectivity index (χ2v) is 8.91. The van der Waals surface area contributed by atoms with Gasteiger partial charge in [0.25, 0.3) is 0 Å². The maximum Gasteiger partial charge on any atom is 0.245 e. The molecule has 1 rings (SSSR count). The molecule has 5 heteroatoms. The van der Waals surface area contributed by atoms with E-state index in [1.165, 1.54) is 4.31 Å². The fraction of sp³-hybridized carbons (Fsp3) is 0.545. The molecule has 0 aliphatic rings. The highest BCUT2D eigenvalue weighted by Crippen LogP contribution is 2.28. The zero-order valence-electron chi connectivity index (χ0n) is 17.0. The molecule has 1 aromatic carbocycles. The van der Waals surface area contributed by atoms with Gasteiger partial charge >= 0.3 is 0 Å². The van der Waals surface area contributed by atoms with Gasteiger partial charge < -0.3 is 4.74 Å². The van der Waals surface area contributed by atoms with Gasteiger partial charge in [-0.05, 0) is 37.5 Å². The lowest BCUT2D eigenvalue weighted by atomic mass is 10.0. The normalized spacial score (nSPS) is 14.1. The van der Waals surface area contributed by atoms with Gasteiger partial charge in [0, 0.05) is 19.1 Å². The third-order valence-electron chi connectivity index (χ3n) is 4.51. The molecule has 0 N–H and O–H groups in total. The highest BCUT2D eigenvalue weighted by atomic mass is 32.2. The minimum atomic E-state index is -3.80. The molecule has 0 fully saturated rings. The van der Waals surface area contributed by atoms with Crippen molar-refractivity contribution in [3.63, 3.8) is 0 Å². The summed E-state index contributed by atoms with van der Waals surface area (Å²) in [5.74, 6) is 2.65. The SMILES string of the molecule is C#CC[C@@H](C(C)C)N([C@H](C=C)OCCCCC)S(=O)(=O)c1ccc(C)cc1. The molecular formula is C22H33NO3S. The van der Waals surface area contributed by atoms with Crippen molar-refractivity contribution in [2.75, 3.05) is 6.61 Å². The number of hydrogen-bond donors (Lipinski definition) is 0. The van der Waals surface area contributed by atoms with Crippen LogP contribution in [0.3, 0.4) is 0 Å². The van der Waals surface area contributed by atoms with Crippen molar-refractivity contribution in [1.82, 2.24) is 4.31 Å². The van der Waals surface area contributed by atoms with E-state index in [2.05, 4.69) is 19.4 Å². The first-order valence-electron chi connectivity index (χ1n) is 9.57. The van der Waals surface area contributed by atoms with E-state index in [-0.39, 0.29) is 16.9 Å². The standard InChI is InChI=1S/C22H33NO3S/c1-7-10-11-17-26-22(9-3)23(21(12-8-2)18(4)5)27(24,25)20-15-13-19(6)14-16-20/h2,9,13-16,18,21-22H,3,7,10-12,17H2,1,4-6H3/t21-,22-/m0/s1. The maximum absolute atomic E-state index is 13.5. The number of aryl methyl sites for hydroxylation is 1. The van der Waals surface area contributed by atoms with Crippen molar-refractivity contribution in [2.45, 2.75) is 70.5 Å². The van der Waals surface area contributed by atoms with E-state index in [9.17, 15) is 8.42 Å². The van der Waals surface area contributed by atoms with E-state index in [1.807, 2.05) is 20.8 Å². The van der Waals surface area contributed by atoms with E-state index >= 15 is 0 Å². The van der Waals surface area contributed by atoms with Gasteiger partial charge in [-0.25, -0.2) is 8.42 Å². The number of hydrogen-bond acceptors (Lipinski definition) is 3. The van der Waals surface area contributed by atoms with E-state index in [0.717, 1.165) is 24.8 Å². The number of unbranched alkanes of at least 4 members (excludes halogenated alkanes) is 2. The third-order valence-corrected chi connectivity index (χ3v) is 6.41. The Kier molecular flexibility index (Phi) is 9.79. The minimum absolute atomic E-state index is 0.0305. The number of sulfonamides is 1. The van der Waals surface area contributed by atoms with Crippen LogP contribution in [-0.2, 0) is 14.8 Å². The largest absolute Gasteiger partial charge is 0.358 e. The molecule has 0 unspecified atom stereocenters. The molecule has 0 heterocycles. The lowest BCUT2D eigenvalue weighted by Gasteiger charge is -2.36. The smallest absolute Gasteiger partial charge is 0.245 e. The Bertz CT molecular complexity index is 717. The van der Waals surface area contributed by atoms with Crippen LogP contribution in [0.2, 0.25) is 0 Å². The Hall–Kier alpha value is -1.61. The van der Waals surface area contributed by atoms with E-state index in [0.29, 0.717) is 13.0 Å². The summed E-state index contributed by atoms with van der Waals surface area (Å²) < 4.78 is 34.3. The maximum atomic E-state index is 13.5. The van der Waals surface area contributed by atoms with Gasteiger partial charge in [0.1, 0.15) is 6.23 Å². The Balaban J connectivity index is 3.32. The lowest BCUT2D eigenvalue weighted by molar-refractivity contribution is -0.0105. The molecule has 27 heavy (non-hydrogen) atoms. The zero-order chi connectivity index (χ0) is 20.4. The van der Waals surface area contributed by atoms with Gasteiger partial charge in [-0.3, -0.25) is 0 Å². The Morgan fingerprint density at radius 2 is 1.89 bits per heavy atom. The van der Waals surface area contributed by atoms with Crippen LogP contribution in [0, 0.1) is 25.2 Å². The lowest BCUT2D eigenvalue weighted by Crippen LogP contribution is -2.49. The first-order chi connectivity index (χ1) is 12.8. The third kappa shape index (κ3) is 6.49. The van der Waals surface area contributed by atoms with Crippen LogP contribution < -0.4 is 0 Å². The van der Waals surface area contributed by atoms with Crippen molar-refractivity contribution >= 4 is 10.0 Å². The highest BCUT2D eigenvalue weighted by molar-refractivity contribution is 7.89. The van der Waals surface area contributed by atoms with Crippen LogP contribution in [0.5, 0.6) is 0 Å². The Labute approximate surface area is 165 Å². The molecule has 0 spiro atoms. The topological polar surface area (TPSA) is 46.6 Å². The number of ether oxygens (including phenoxy) is 1. The Morgan fingerprint density at radius 1 is 1.26 bits per heavy atom. The van der Waals surface area contributed by atoms with Gasteiger partial charge in [0.15, 0.2) is 0 Å². The van der Waals surface area contributed by atoms with Gasteiger partial charge in [-0.1, -0.05) is 57.9 Å². The first kappa shape index (κ1) is 23.4. The quantitative estimate of drug-likeness (QED) is 0.223. The summed E-state index contributed by atoms with van der Waals surface area (Å²) in [6.07, 6.45) is 9.63. The van der Waals surface area contributed by atoms with Crippen LogP contribution in [0.25, 0.3) is 0 Å². The molecule has 0 radical (unpaired) electrons. The monoisotopic (exact) mass is 391 g/mol. The predicted molar refractivity (Wildman–Crippen MR) is 112 cm³/mol. The van der Waals surface area contributed by atoms with Gasteiger partial charge in [0.2, 0.25) is 10.0 Å². The molecular weight excluding hydrogens is 358 g/mol. The van der Waals surface area contributed by atoms with Crippen LogP contribution in [0.4, 0.5) is 0 Å². The van der Waals surface area contributed by atoms with Gasteiger partial charge in [-0.15, -0.1) is 12.3 Å². The number of rotatable bonds is 12. The molecule has 0 bridgehead atoms. The second kappa shape index (κ2) is 11.3. The molecule has 4 nitrogen and oxygen atoms in total. The van der Waals surface area contributed by atoms with Crippen LogP contribution in [0.15, 0.2) is 41.8 Å². The van der Waals surface area contributed by atoms with Crippen molar-refractivity contribution in [3.8, 4) is 12.3 Å². The molecule has 2 atom stereocenters. The number of benzene rings is 1. The highest BCUT2D eigenvalue weighted by Gasteiger charge is 2.37. The van der Waals surface area contributed by atoms with E-state index < -0.39 is 16.3 Å². The predicted octanol–water partition coefficient (Wildman–Crippen LogP) is 4.75. The zero-order valence-corrected chi connectivity index (χ0v) is 17.8. The average molecular weight is 392 g/mol. The molecule has 0 aliphatic carbocycles. The summed E-state index contributed by atoms with van der Waals surface area (Å²) in [6, 6.07) is 6.46. The summed E-state index contributed by atoms with van der Waals surface area (Å²) >= 11 is 0. The van der Waals surface area contributed by atoms with E-state index in [4.69, 9.17) is 11.2 Å². The first-order valence-corrected chi connectivity index (χ1v) is 11.0. The van der Waals surface area contributed by atoms with Crippen molar-refractivity contribution < 1.29 is 13.2 Å². The van der Waals surface area contributed by atoms with Crippen LogP contribution in [0.1, 0.15) is 52.0 Å². The second-order valence-electron chi connectivity index (χ2n) is 7.07. The minimum Gasteiger partial charge on any atom is -0.358 e. The van der Waals surface area contributed by atoms with Crippen molar-refractivity contribution in [2.24, 2.45) is 5.92 Å². The van der Waals surface area contributed by atoms with Gasteiger partial charge in [-0.2, -0.15) is 4.31 Å². The summed E-state index contributed by atoms with van der Waals surface area (Å²) in [5, 5.41) is 0. The number of nitrogens with zero attached hydrogens (tertiary/aromatic N) is 1. The fourth-order valence-electron chi connectivity index (χ4n) is 2.88. The number of terminal acetylenes is 1. The summed E-state index contributed by atoms with van der Waals surface area (Å²) in [7, 11) is -3.80. The fourth-order valence-corrected chi connectivity index (χ4v) is 4.70. The molecule has 0 saturated carbocycles. The summed E-state index contributed by atoms with van der Waals surface area (Å²) in [6.45, 7) is 12.3. The van der Waals surface area contributed by atoms with Crippen molar-refractivity contribution in [1.29, 1.82) is 0 Å². The van der Waals surface area contributed by atoms with E-state index in [1.54, 1.807) is 30.3 Å². The molecule has 0 amide bonds. The van der Waals surface area contributed by atoms with Crippen LogP contribution >= 0.6 is 0 Å². The van der Waals surface area contributed by atoms with Crippen LogP contribution in [-0.4, -0.2) is 31.6 Å². The molecule has 0 aromatic heterocycles. The molecule has 0 aliphatic heterocycles. The van der Waals surface area contributed by atoms with Crippen molar-refractivity contribution in [3.05, 3.63) is 42.5 Å². The molecule has 0 saturated heterocycles. The Morgan fingerprint density at radius 3 is 2.37 bits per heavy atom. The average Bonchev–Trinajstić information content (AvgIpc) is 2.63. The molecule has 1 aromatic rings.